The second-order valence-electron chi connectivity index (χ2n) is 8.15. The molecule has 37 heavy (non-hydrogen) atoms. The van der Waals surface area contributed by atoms with Crippen molar-refractivity contribution in [1.82, 2.24) is 0 Å². The Bertz CT molecular complexity index is 1510. The van der Waals surface area contributed by atoms with E-state index in [1.54, 1.807) is 26.0 Å². The van der Waals surface area contributed by atoms with Crippen LogP contribution in [0.2, 0.25) is 10.0 Å². The SMILES string of the molecule is Cc1cccc(OS(=O)(=O)C(F)(F)F)c1-c1c(C)cc(Cl)c(Cl)c1P(c1ccccc1)c1ccccc1. The topological polar surface area (TPSA) is 43.4 Å². The van der Waals surface area contributed by atoms with Crippen molar-refractivity contribution in [1.29, 1.82) is 0 Å². The van der Waals surface area contributed by atoms with Gasteiger partial charge in [0.25, 0.3) is 0 Å². The fraction of sp³-hybridized carbons (Fsp3) is 0.111. The molecule has 0 N–H and O–H groups in total. The van der Waals surface area contributed by atoms with Crippen LogP contribution in [0.1, 0.15) is 11.1 Å². The molecule has 0 radical (unpaired) electrons. The Morgan fingerprint density at radius 2 is 1.30 bits per heavy atom. The standard InChI is InChI=1S/C27H20Cl2F3O3PS/c1-17-10-9-15-22(35-37(33,34)27(30,31)32)23(17)24-18(2)16-21(28)25(29)26(24)36(19-11-5-3-6-12-19)20-13-7-4-8-14-20/h3-16H,1-2H3. The van der Waals surface area contributed by atoms with Crippen molar-refractivity contribution in [3.8, 4) is 16.9 Å². The molecule has 0 amide bonds. The highest BCUT2D eigenvalue weighted by molar-refractivity contribution is 7.88. The monoisotopic (exact) mass is 582 g/mol. The van der Waals surface area contributed by atoms with Gasteiger partial charge in [0.05, 0.1) is 10.0 Å². The molecular weight excluding hydrogens is 563 g/mol. The molecule has 0 fully saturated rings. The summed E-state index contributed by atoms with van der Waals surface area (Å²) in [6.45, 7) is 3.42. The first-order valence-corrected chi connectivity index (χ1v) is 14.4. The molecule has 4 aromatic rings. The van der Waals surface area contributed by atoms with E-state index in [9.17, 15) is 21.6 Å². The van der Waals surface area contributed by atoms with Crippen molar-refractivity contribution >= 4 is 57.2 Å². The molecule has 3 nitrogen and oxygen atoms in total. The van der Waals surface area contributed by atoms with Gasteiger partial charge >= 0.3 is 15.6 Å². The fourth-order valence-corrected chi connectivity index (χ4v) is 7.80. The van der Waals surface area contributed by atoms with Gasteiger partial charge < -0.3 is 4.18 Å². The Balaban J connectivity index is 2.09. The van der Waals surface area contributed by atoms with Crippen LogP contribution in [0.4, 0.5) is 13.2 Å². The van der Waals surface area contributed by atoms with Crippen LogP contribution in [0.25, 0.3) is 11.1 Å². The second-order valence-corrected chi connectivity index (χ2v) is 12.6. The molecule has 192 valence electrons. The Morgan fingerprint density at radius 3 is 1.81 bits per heavy atom. The van der Waals surface area contributed by atoms with E-state index >= 15 is 0 Å². The van der Waals surface area contributed by atoms with Crippen LogP contribution in [-0.4, -0.2) is 13.9 Å². The van der Waals surface area contributed by atoms with Crippen molar-refractivity contribution in [3.63, 3.8) is 0 Å². The van der Waals surface area contributed by atoms with E-state index in [0.717, 1.165) is 10.6 Å². The minimum absolute atomic E-state index is 0.195. The van der Waals surface area contributed by atoms with Crippen molar-refractivity contribution in [3.05, 3.63) is 106 Å². The minimum atomic E-state index is -5.92. The van der Waals surface area contributed by atoms with Gasteiger partial charge in [0.1, 0.15) is 0 Å². The van der Waals surface area contributed by atoms with Crippen LogP contribution < -0.4 is 20.1 Å². The third-order valence-corrected chi connectivity index (χ3v) is 10.0. The Morgan fingerprint density at radius 1 is 0.757 bits per heavy atom. The van der Waals surface area contributed by atoms with Crippen molar-refractivity contribution in [2.45, 2.75) is 19.4 Å². The van der Waals surface area contributed by atoms with Crippen molar-refractivity contribution < 1.29 is 25.8 Å². The summed E-state index contributed by atoms with van der Waals surface area (Å²) in [6.07, 6.45) is 0. The zero-order valence-electron chi connectivity index (χ0n) is 19.6. The summed E-state index contributed by atoms with van der Waals surface area (Å²) in [5.41, 5.74) is -3.81. The molecular formula is C27H20Cl2F3O3PS. The molecule has 10 heteroatoms. The van der Waals surface area contributed by atoms with Crippen LogP contribution >= 0.6 is 31.1 Å². The first kappa shape index (κ1) is 27.5. The largest absolute Gasteiger partial charge is 0.534 e. The molecule has 0 aliphatic carbocycles. The van der Waals surface area contributed by atoms with Crippen LogP contribution in [0.5, 0.6) is 5.75 Å². The average Bonchev–Trinajstić information content (AvgIpc) is 2.84. The summed E-state index contributed by atoms with van der Waals surface area (Å²) in [6, 6.07) is 25.0. The van der Waals surface area contributed by atoms with Gasteiger partial charge in [-0.15, -0.1) is 0 Å². The molecule has 0 atom stereocenters. The molecule has 4 aromatic carbocycles. The summed E-state index contributed by atoms with van der Waals surface area (Å²) in [5.74, 6) is -0.448. The van der Waals surface area contributed by atoms with Gasteiger partial charge in [0.2, 0.25) is 0 Å². The van der Waals surface area contributed by atoms with E-state index in [4.69, 9.17) is 23.2 Å². The smallest absolute Gasteiger partial charge is 0.375 e. The fourth-order valence-electron chi connectivity index (χ4n) is 4.02. The number of alkyl halides is 3. The Hall–Kier alpha value is -2.57. The normalized spacial score (nSPS) is 12.1. The number of hydrogen-bond donors (Lipinski definition) is 0. The third kappa shape index (κ3) is 5.51. The van der Waals surface area contributed by atoms with Crippen LogP contribution in [-0.2, 0) is 10.1 Å². The summed E-state index contributed by atoms with van der Waals surface area (Å²) < 4.78 is 68.4. The predicted molar refractivity (Wildman–Crippen MR) is 146 cm³/mol. The Kier molecular flexibility index (Phi) is 7.91. The molecule has 0 aliphatic heterocycles. The lowest BCUT2D eigenvalue weighted by molar-refractivity contribution is -0.0499. The van der Waals surface area contributed by atoms with E-state index < -0.39 is 29.3 Å². The zero-order chi connectivity index (χ0) is 27.0. The van der Waals surface area contributed by atoms with E-state index in [-0.39, 0.29) is 15.6 Å². The molecule has 4 rings (SSSR count). The lowest BCUT2D eigenvalue weighted by atomic mass is 9.95. The molecule has 0 heterocycles. The highest BCUT2D eigenvalue weighted by Gasteiger charge is 2.49. The summed E-state index contributed by atoms with van der Waals surface area (Å²) in [7, 11) is -7.29. The quantitative estimate of drug-likeness (QED) is 0.136. The maximum absolute atomic E-state index is 13.3. The van der Waals surface area contributed by atoms with Gasteiger partial charge in [-0.05, 0) is 61.2 Å². The first-order valence-electron chi connectivity index (χ1n) is 10.9. The van der Waals surface area contributed by atoms with Gasteiger partial charge in [0, 0.05) is 10.9 Å². The summed E-state index contributed by atoms with van der Waals surface area (Å²) in [5, 5.41) is 2.94. The van der Waals surface area contributed by atoms with E-state index in [0.29, 0.717) is 22.0 Å². The zero-order valence-corrected chi connectivity index (χ0v) is 22.8. The summed E-state index contributed by atoms with van der Waals surface area (Å²) in [4.78, 5) is 0. The number of benzene rings is 4. The number of rotatable bonds is 6. The number of halogens is 5. The number of hydrogen-bond acceptors (Lipinski definition) is 3. The minimum Gasteiger partial charge on any atom is -0.375 e. The maximum atomic E-state index is 13.3. The van der Waals surface area contributed by atoms with Gasteiger partial charge in [-0.3, -0.25) is 0 Å². The highest BCUT2D eigenvalue weighted by Crippen LogP contribution is 2.46. The molecule has 0 aromatic heterocycles. The third-order valence-electron chi connectivity index (χ3n) is 5.61. The molecule has 0 saturated heterocycles. The number of aryl methyl sites for hydroxylation is 2. The van der Waals surface area contributed by atoms with Gasteiger partial charge in [-0.25, -0.2) is 0 Å². The van der Waals surface area contributed by atoms with E-state index in [2.05, 4.69) is 4.18 Å². The maximum Gasteiger partial charge on any atom is 0.534 e. The lowest BCUT2D eigenvalue weighted by Crippen LogP contribution is -2.28. The van der Waals surface area contributed by atoms with E-state index in [1.165, 1.54) is 12.1 Å². The van der Waals surface area contributed by atoms with Crippen LogP contribution in [0, 0.1) is 13.8 Å². The lowest BCUT2D eigenvalue weighted by Gasteiger charge is -2.27. The predicted octanol–water partition coefficient (Wildman–Crippen LogP) is 7.26. The highest BCUT2D eigenvalue weighted by atomic mass is 35.5. The van der Waals surface area contributed by atoms with Gasteiger partial charge in [-0.1, -0.05) is 96.0 Å². The van der Waals surface area contributed by atoms with Crippen molar-refractivity contribution in [2.75, 3.05) is 0 Å². The van der Waals surface area contributed by atoms with Crippen LogP contribution in [0.3, 0.4) is 0 Å². The van der Waals surface area contributed by atoms with Gasteiger partial charge in [0.15, 0.2) is 5.75 Å². The molecule has 0 aliphatic rings. The van der Waals surface area contributed by atoms with Crippen molar-refractivity contribution in [2.24, 2.45) is 0 Å². The van der Waals surface area contributed by atoms with Gasteiger partial charge in [-0.2, -0.15) is 21.6 Å². The Labute approximate surface area is 224 Å². The summed E-state index contributed by atoms with van der Waals surface area (Å²) >= 11 is 13.4. The molecule has 0 unspecified atom stereocenters. The molecule has 0 saturated carbocycles. The first-order chi connectivity index (χ1) is 17.4. The molecule has 0 bridgehead atoms. The van der Waals surface area contributed by atoms with E-state index in [1.807, 2.05) is 60.7 Å². The van der Waals surface area contributed by atoms with Crippen LogP contribution in [0.15, 0.2) is 84.9 Å². The second kappa shape index (κ2) is 10.7. The average molecular weight is 583 g/mol. The molecule has 0 spiro atoms.